The number of thiophene rings is 1. The lowest BCUT2D eigenvalue weighted by atomic mass is 9.88. The highest BCUT2D eigenvalue weighted by Crippen LogP contribution is 2.40. The van der Waals surface area contributed by atoms with Gasteiger partial charge in [-0.2, -0.15) is 0 Å². The van der Waals surface area contributed by atoms with Crippen molar-refractivity contribution in [3.63, 3.8) is 0 Å². The van der Waals surface area contributed by atoms with Crippen molar-refractivity contribution in [2.45, 2.75) is 58.0 Å². The van der Waals surface area contributed by atoms with E-state index in [2.05, 4.69) is 15.1 Å². The Morgan fingerprint density at radius 3 is 2.46 bits per heavy atom. The number of amides is 2. The van der Waals surface area contributed by atoms with Crippen molar-refractivity contribution in [3.8, 4) is 0 Å². The lowest BCUT2D eigenvalue weighted by molar-refractivity contribution is -0.142. The summed E-state index contributed by atoms with van der Waals surface area (Å²) in [5, 5.41) is 4.00. The van der Waals surface area contributed by atoms with Crippen LogP contribution < -0.4 is 5.32 Å². The van der Waals surface area contributed by atoms with Crippen molar-refractivity contribution >= 4 is 28.2 Å². The van der Waals surface area contributed by atoms with Crippen molar-refractivity contribution in [1.82, 2.24) is 9.80 Å². The summed E-state index contributed by atoms with van der Waals surface area (Å²) in [7, 11) is 4.08. The lowest BCUT2D eigenvalue weighted by Crippen LogP contribution is -2.50. The first-order chi connectivity index (χ1) is 12.3. The largest absolute Gasteiger partial charge is 0.336 e. The fourth-order valence-corrected chi connectivity index (χ4v) is 5.08. The Kier molecular flexibility index (Phi) is 6.03. The van der Waals surface area contributed by atoms with Gasteiger partial charge >= 0.3 is 0 Å². The summed E-state index contributed by atoms with van der Waals surface area (Å²) in [6.45, 7) is 5.02. The summed E-state index contributed by atoms with van der Waals surface area (Å²) in [5.74, 6) is 0.486. The van der Waals surface area contributed by atoms with E-state index >= 15 is 0 Å². The number of carbonyl (C=O) groups excluding carboxylic acids is 2. The Balaban J connectivity index is 1.58. The van der Waals surface area contributed by atoms with Crippen LogP contribution in [-0.4, -0.2) is 54.3 Å². The maximum atomic E-state index is 13.0. The van der Waals surface area contributed by atoms with Crippen LogP contribution in [0.1, 0.15) is 43.9 Å². The third kappa shape index (κ3) is 4.29. The number of aryl methyl sites for hydroxylation is 1. The van der Waals surface area contributed by atoms with E-state index in [0.29, 0.717) is 0 Å². The minimum atomic E-state index is 0.0241. The van der Waals surface area contributed by atoms with E-state index in [1.807, 2.05) is 40.1 Å². The molecule has 1 N–H and O–H groups in total. The van der Waals surface area contributed by atoms with Crippen molar-refractivity contribution < 1.29 is 9.59 Å². The van der Waals surface area contributed by atoms with Crippen molar-refractivity contribution in [2.75, 3.05) is 26.0 Å². The smallest absolute Gasteiger partial charge is 0.228 e. The number of nitrogens with one attached hydrogen (secondary N) is 1. The van der Waals surface area contributed by atoms with Gasteiger partial charge in [0.1, 0.15) is 0 Å². The Morgan fingerprint density at radius 1 is 1.27 bits per heavy atom. The van der Waals surface area contributed by atoms with Crippen LogP contribution >= 0.6 is 11.3 Å². The molecule has 1 aromatic heterocycles. The second-order valence-corrected chi connectivity index (χ2v) is 9.48. The fourth-order valence-electron chi connectivity index (χ4n) is 4.31. The Labute approximate surface area is 160 Å². The van der Waals surface area contributed by atoms with Gasteiger partial charge in [0.25, 0.3) is 0 Å². The molecule has 6 heteroatoms. The molecule has 0 spiro atoms. The molecule has 2 aliphatic rings. The van der Waals surface area contributed by atoms with Crippen LogP contribution in [0.25, 0.3) is 0 Å². The molecule has 3 rings (SSSR count). The molecule has 0 radical (unpaired) electrons. The minimum Gasteiger partial charge on any atom is -0.336 e. The minimum absolute atomic E-state index is 0.0241. The van der Waals surface area contributed by atoms with Gasteiger partial charge in [-0.1, -0.05) is 6.92 Å². The second-order valence-electron chi connectivity index (χ2n) is 8.19. The monoisotopic (exact) mass is 377 g/mol. The molecule has 3 atom stereocenters. The number of fused-ring (bicyclic) bond motifs is 2. The SMILES string of the molecule is Cc1ccc(NC(=O)C2CC3CCC(C2)N3C(=O)C(C)CCN(C)C)s1. The summed E-state index contributed by atoms with van der Waals surface area (Å²) < 4.78 is 0. The van der Waals surface area contributed by atoms with Crippen molar-refractivity contribution in [3.05, 3.63) is 17.0 Å². The van der Waals surface area contributed by atoms with Crippen LogP contribution in [0.4, 0.5) is 5.00 Å². The van der Waals surface area contributed by atoms with Gasteiger partial charge in [0.05, 0.1) is 5.00 Å². The summed E-state index contributed by atoms with van der Waals surface area (Å²) in [6.07, 6.45) is 4.58. The van der Waals surface area contributed by atoms with E-state index < -0.39 is 0 Å². The van der Waals surface area contributed by atoms with Gasteiger partial charge in [0.15, 0.2) is 0 Å². The Morgan fingerprint density at radius 2 is 1.92 bits per heavy atom. The Bertz CT molecular complexity index is 643. The molecule has 2 bridgehead atoms. The van der Waals surface area contributed by atoms with Crippen LogP contribution in [-0.2, 0) is 9.59 Å². The number of hydrogen-bond acceptors (Lipinski definition) is 4. The number of piperidine rings is 1. The van der Waals surface area contributed by atoms with Gasteiger partial charge < -0.3 is 15.1 Å². The first-order valence-electron chi connectivity index (χ1n) is 9.69. The van der Waals surface area contributed by atoms with E-state index in [0.717, 1.165) is 43.6 Å². The van der Waals surface area contributed by atoms with Gasteiger partial charge in [0, 0.05) is 28.8 Å². The zero-order valence-electron chi connectivity index (χ0n) is 16.3. The van der Waals surface area contributed by atoms with Crippen LogP contribution in [0.5, 0.6) is 0 Å². The van der Waals surface area contributed by atoms with Crippen molar-refractivity contribution in [1.29, 1.82) is 0 Å². The highest BCUT2D eigenvalue weighted by Gasteiger charge is 2.45. The predicted molar refractivity (Wildman–Crippen MR) is 106 cm³/mol. The van der Waals surface area contributed by atoms with Crippen LogP contribution in [0.15, 0.2) is 12.1 Å². The molecule has 1 aromatic rings. The Hall–Kier alpha value is -1.40. The summed E-state index contributed by atoms with van der Waals surface area (Å²) in [6, 6.07) is 4.48. The topological polar surface area (TPSA) is 52.7 Å². The van der Waals surface area contributed by atoms with Gasteiger partial charge in [0.2, 0.25) is 11.8 Å². The standard InChI is InChI=1S/C20H31N3O2S/c1-13(9-10-22(3)4)20(25)23-16-6-7-17(23)12-15(11-16)19(24)21-18-8-5-14(2)26-18/h5,8,13,15-17H,6-7,9-12H2,1-4H3,(H,21,24). The van der Waals surface area contributed by atoms with Gasteiger partial charge in [-0.05, 0) is 71.8 Å². The summed E-state index contributed by atoms with van der Waals surface area (Å²) >= 11 is 1.61. The molecule has 2 saturated heterocycles. The van der Waals surface area contributed by atoms with E-state index in [1.54, 1.807) is 11.3 Å². The molecule has 0 saturated carbocycles. The van der Waals surface area contributed by atoms with E-state index in [4.69, 9.17) is 0 Å². The molecule has 2 aliphatic heterocycles. The van der Waals surface area contributed by atoms with E-state index in [9.17, 15) is 9.59 Å². The number of rotatable bonds is 6. The molecule has 0 aromatic carbocycles. The highest BCUT2D eigenvalue weighted by molar-refractivity contribution is 7.16. The molecular formula is C20H31N3O2S. The quantitative estimate of drug-likeness (QED) is 0.827. The molecule has 2 fully saturated rings. The van der Waals surface area contributed by atoms with Gasteiger partial charge in [-0.3, -0.25) is 9.59 Å². The number of hydrogen-bond donors (Lipinski definition) is 1. The maximum Gasteiger partial charge on any atom is 0.228 e. The van der Waals surface area contributed by atoms with E-state index in [-0.39, 0.29) is 35.7 Å². The average Bonchev–Trinajstić information content (AvgIpc) is 3.11. The zero-order chi connectivity index (χ0) is 18.8. The van der Waals surface area contributed by atoms with Crippen LogP contribution in [0.2, 0.25) is 0 Å². The fraction of sp³-hybridized carbons (Fsp3) is 0.700. The average molecular weight is 378 g/mol. The number of carbonyl (C=O) groups is 2. The lowest BCUT2D eigenvalue weighted by Gasteiger charge is -2.39. The molecule has 2 amide bonds. The van der Waals surface area contributed by atoms with E-state index in [1.165, 1.54) is 4.88 Å². The first-order valence-corrected chi connectivity index (χ1v) is 10.5. The highest BCUT2D eigenvalue weighted by atomic mass is 32.1. The molecular weight excluding hydrogens is 346 g/mol. The molecule has 26 heavy (non-hydrogen) atoms. The summed E-state index contributed by atoms with van der Waals surface area (Å²) in [4.78, 5) is 31.1. The van der Waals surface area contributed by atoms with Crippen LogP contribution in [0, 0.1) is 18.8 Å². The molecule has 5 nitrogen and oxygen atoms in total. The third-order valence-electron chi connectivity index (χ3n) is 5.78. The molecule has 3 heterocycles. The maximum absolute atomic E-state index is 13.0. The number of anilines is 1. The summed E-state index contributed by atoms with van der Waals surface area (Å²) in [5.41, 5.74) is 0. The predicted octanol–water partition coefficient (Wildman–Crippen LogP) is 3.35. The molecule has 0 aliphatic carbocycles. The molecule has 3 unspecified atom stereocenters. The molecule has 144 valence electrons. The zero-order valence-corrected chi connectivity index (χ0v) is 17.1. The normalized spacial score (nSPS) is 26.2. The number of nitrogens with zero attached hydrogens (tertiary/aromatic N) is 2. The van der Waals surface area contributed by atoms with Gasteiger partial charge in [-0.15, -0.1) is 11.3 Å². The van der Waals surface area contributed by atoms with Gasteiger partial charge in [-0.25, -0.2) is 0 Å². The van der Waals surface area contributed by atoms with Crippen molar-refractivity contribution in [2.24, 2.45) is 11.8 Å². The first kappa shape index (κ1) is 19.4. The second kappa shape index (κ2) is 8.09. The van der Waals surface area contributed by atoms with Crippen LogP contribution in [0.3, 0.4) is 0 Å². The third-order valence-corrected chi connectivity index (χ3v) is 6.69.